The van der Waals surface area contributed by atoms with E-state index in [9.17, 15) is 4.79 Å². The van der Waals surface area contributed by atoms with Gasteiger partial charge >= 0.3 is 0 Å². The van der Waals surface area contributed by atoms with Gasteiger partial charge in [-0.05, 0) is 18.0 Å². The van der Waals surface area contributed by atoms with Crippen molar-refractivity contribution >= 4 is 28.3 Å². The van der Waals surface area contributed by atoms with Crippen LogP contribution in [0.25, 0.3) is 0 Å². The van der Waals surface area contributed by atoms with Gasteiger partial charge in [0.15, 0.2) is 5.82 Å². The van der Waals surface area contributed by atoms with Crippen molar-refractivity contribution < 1.29 is 4.79 Å². The van der Waals surface area contributed by atoms with Crippen LogP contribution in [0.15, 0.2) is 0 Å². The molecule has 0 saturated carbocycles. The zero-order chi connectivity index (χ0) is 11.4. The number of amides is 1. The predicted octanol–water partition coefficient (Wildman–Crippen LogP) is 0.931. The molecular formula is C9H16N4OS. The molecule has 3 N–H and O–H groups in total. The summed E-state index contributed by atoms with van der Waals surface area (Å²) in [7, 11) is 3.52. The Morgan fingerprint density at radius 1 is 1.67 bits per heavy atom. The quantitative estimate of drug-likeness (QED) is 0.804. The molecule has 1 amide bonds. The molecule has 0 radical (unpaired) electrons. The summed E-state index contributed by atoms with van der Waals surface area (Å²) in [5, 5.41) is 3.39. The molecule has 0 atom stereocenters. The molecule has 1 heterocycles. The second-order valence-corrected chi connectivity index (χ2v) is 4.00. The molecule has 1 aromatic rings. The van der Waals surface area contributed by atoms with E-state index in [-0.39, 0.29) is 5.91 Å². The fourth-order valence-electron chi connectivity index (χ4n) is 1.33. The van der Waals surface area contributed by atoms with Gasteiger partial charge in [0.25, 0.3) is 5.91 Å². The van der Waals surface area contributed by atoms with E-state index in [1.807, 2.05) is 11.9 Å². The van der Waals surface area contributed by atoms with Crippen LogP contribution in [0.5, 0.6) is 0 Å². The number of nitrogens with one attached hydrogen (secondary N) is 1. The van der Waals surface area contributed by atoms with Crippen LogP contribution in [-0.4, -0.2) is 30.9 Å². The van der Waals surface area contributed by atoms with E-state index < -0.39 is 0 Å². The molecule has 0 bridgehead atoms. The number of nitrogens with two attached hydrogens (primary N) is 1. The number of carbonyl (C=O) groups excluding carboxylic acids is 1. The van der Waals surface area contributed by atoms with Crippen molar-refractivity contribution in [1.82, 2.24) is 9.69 Å². The van der Waals surface area contributed by atoms with Gasteiger partial charge in [0, 0.05) is 20.6 Å². The molecule has 0 fully saturated rings. The zero-order valence-electron chi connectivity index (χ0n) is 9.20. The van der Waals surface area contributed by atoms with Crippen molar-refractivity contribution in [3.8, 4) is 0 Å². The van der Waals surface area contributed by atoms with Gasteiger partial charge in [-0.1, -0.05) is 6.92 Å². The topological polar surface area (TPSA) is 71.2 Å². The zero-order valence-corrected chi connectivity index (χ0v) is 10.0. The average Bonchev–Trinajstić information content (AvgIpc) is 2.59. The van der Waals surface area contributed by atoms with Gasteiger partial charge in [-0.3, -0.25) is 4.79 Å². The first-order valence-electron chi connectivity index (χ1n) is 4.80. The molecule has 1 aromatic heterocycles. The van der Waals surface area contributed by atoms with Crippen molar-refractivity contribution in [2.24, 2.45) is 0 Å². The third-order valence-electron chi connectivity index (χ3n) is 2.06. The fraction of sp³-hybridized carbons (Fsp3) is 0.556. The Balaban J connectivity index is 3.02. The normalized spacial score (nSPS) is 10.1. The summed E-state index contributed by atoms with van der Waals surface area (Å²) in [5.41, 5.74) is 6.15. The third kappa shape index (κ3) is 2.38. The Bertz CT molecular complexity index is 350. The molecule has 15 heavy (non-hydrogen) atoms. The van der Waals surface area contributed by atoms with Crippen LogP contribution in [0.3, 0.4) is 0 Å². The lowest BCUT2D eigenvalue weighted by atomic mass is 10.2. The first-order valence-corrected chi connectivity index (χ1v) is 5.57. The monoisotopic (exact) mass is 228 g/mol. The van der Waals surface area contributed by atoms with Gasteiger partial charge in [0.1, 0.15) is 10.6 Å². The molecule has 0 aliphatic carbocycles. The van der Waals surface area contributed by atoms with Crippen molar-refractivity contribution in [3.63, 3.8) is 0 Å². The first-order chi connectivity index (χ1) is 7.11. The standard InChI is InChI=1S/C9H16N4OS/c1-4-5-13(3)9-6(8(14)11-2)7(10)12-15-9/h4-5H2,1-3H3,(H2,10,12)(H,11,14). The summed E-state index contributed by atoms with van der Waals surface area (Å²) in [6.07, 6.45) is 1.02. The van der Waals surface area contributed by atoms with Gasteiger partial charge < -0.3 is 16.0 Å². The lowest BCUT2D eigenvalue weighted by Gasteiger charge is -2.16. The summed E-state index contributed by atoms with van der Waals surface area (Å²) < 4.78 is 4.01. The highest BCUT2D eigenvalue weighted by Gasteiger charge is 2.20. The number of rotatable bonds is 4. The summed E-state index contributed by atoms with van der Waals surface area (Å²) in [5.74, 6) is 0.122. The van der Waals surface area contributed by atoms with Crippen molar-refractivity contribution in [1.29, 1.82) is 0 Å². The fourth-order valence-corrected chi connectivity index (χ4v) is 2.12. The molecule has 6 heteroatoms. The number of nitrogens with zero attached hydrogens (tertiary/aromatic N) is 2. The summed E-state index contributed by atoms with van der Waals surface area (Å²) >= 11 is 1.26. The minimum absolute atomic E-state index is 0.181. The number of hydrogen-bond donors (Lipinski definition) is 2. The maximum Gasteiger partial charge on any atom is 0.257 e. The smallest absolute Gasteiger partial charge is 0.257 e. The van der Waals surface area contributed by atoms with Gasteiger partial charge in [-0.2, -0.15) is 4.37 Å². The van der Waals surface area contributed by atoms with Crippen LogP contribution < -0.4 is 16.0 Å². The highest BCUT2D eigenvalue weighted by atomic mass is 32.1. The third-order valence-corrected chi connectivity index (χ3v) is 3.04. The maximum atomic E-state index is 11.6. The van der Waals surface area contributed by atoms with Gasteiger partial charge in [0.05, 0.1) is 0 Å². The molecule has 84 valence electrons. The number of nitrogen functional groups attached to an aromatic ring is 1. The largest absolute Gasteiger partial charge is 0.382 e. The van der Waals surface area contributed by atoms with E-state index in [2.05, 4.69) is 16.6 Å². The summed E-state index contributed by atoms with van der Waals surface area (Å²) in [6.45, 7) is 2.96. The number of hydrogen-bond acceptors (Lipinski definition) is 5. The van der Waals surface area contributed by atoms with Gasteiger partial charge in [0.2, 0.25) is 0 Å². The van der Waals surface area contributed by atoms with Crippen LogP contribution in [0, 0.1) is 0 Å². The number of aromatic nitrogens is 1. The Kier molecular flexibility index (Phi) is 3.90. The molecule has 0 spiro atoms. The van der Waals surface area contributed by atoms with Crippen LogP contribution >= 0.6 is 11.5 Å². The lowest BCUT2D eigenvalue weighted by Crippen LogP contribution is -2.24. The average molecular weight is 228 g/mol. The SMILES string of the molecule is CCCN(C)c1snc(N)c1C(=O)NC. The molecule has 5 nitrogen and oxygen atoms in total. The van der Waals surface area contributed by atoms with Crippen molar-refractivity contribution in [2.45, 2.75) is 13.3 Å². The lowest BCUT2D eigenvalue weighted by molar-refractivity contribution is 0.0964. The van der Waals surface area contributed by atoms with Crippen LogP contribution in [0.2, 0.25) is 0 Å². The van der Waals surface area contributed by atoms with E-state index in [0.717, 1.165) is 18.0 Å². The first kappa shape index (κ1) is 11.8. The van der Waals surface area contributed by atoms with Crippen LogP contribution in [0.1, 0.15) is 23.7 Å². The predicted molar refractivity (Wildman–Crippen MR) is 63.5 cm³/mol. The molecule has 0 aliphatic heterocycles. The van der Waals surface area contributed by atoms with Crippen LogP contribution in [-0.2, 0) is 0 Å². The molecular weight excluding hydrogens is 212 g/mol. The minimum atomic E-state index is -0.181. The van der Waals surface area contributed by atoms with Crippen molar-refractivity contribution in [2.75, 3.05) is 31.3 Å². The number of anilines is 2. The van der Waals surface area contributed by atoms with E-state index in [0.29, 0.717) is 11.4 Å². The van der Waals surface area contributed by atoms with Gasteiger partial charge in [-0.15, -0.1) is 0 Å². The summed E-state index contributed by atoms with van der Waals surface area (Å²) in [4.78, 5) is 13.6. The highest BCUT2D eigenvalue weighted by Crippen LogP contribution is 2.29. The second-order valence-electron chi connectivity index (χ2n) is 3.25. The highest BCUT2D eigenvalue weighted by molar-refractivity contribution is 7.11. The molecule has 0 aromatic carbocycles. The van der Waals surface area contributed by atoms with E-state index in [1.165, 1.54) is 11.5 Å². The van der Waals surface area contributed by atoms with E-state index in [1.54, 1.807) is 7.05 Å². The van der Waals surface area contributed by atoms with E-state index >= 15 is 0 Å². The molecule has 1 rings (SSSR count). The molecule has 0 saturated heterocycles. The number of carbonyl (C=O) groups is 1. The van der Waals surface area contributed by atoms with Crippen molar-refractivity contribution in [3.05, 3.63) is 5.56 Å². The second kappa shape index (κ2) is 4.97. The Morgan fingerprint density at radius 3 is 2.87 bits per heavy atom. The Hall–Kier alpha value is -1.30. The minimum Gasteiger partial charge on any atom is -0.382 e. The molecule has 0 aliphatic rings. The Morgan fingerprint density at radius 2 is 2.33 bits per heavy atom. The maximum absolute atomic E-state index is 11.6. The van der Waals surface area contributed by atoms with Gasteiger partial charge in [-0.25, -0.2) is 0 Å². The summed E-state index contributed by atoms with van der Waals surface area (Å²) in [6, 6.07) is 0. The van der Waals surface area contributed by atoms with E-state index in [4.69, 9.17) is 5.73 Å². The van der Waals surface area contributed by atoms with Crippen LogP contribution in [0.4, 0.5) is 10.8 Å². The Labute approximate surface area is 93.4 Å². The molecule has 0 unspecified atom stereocenters.